The van der Waals surface area contributed by atoms with Gasteiger partial charge in [-0.1, -0.05) is 0 Å². The van der Waals surface area contributed by atoms with Crippen molar-refractivity contribution in [3.05, 3.63) is 0 Å². The van der Waals surface area contributed by atoms with Gasteiger partial charge in [0.2, 0.25) is 0 Å². The zero-order valence-electron chi connectivity index (χ0n) is 9.70. The van der Waals surface area contributed by atoms with Gasteiger partial charge in [-0.15, -0.1) is 0 Å². The lowest BCUT2D eigenvalue weighted by molar-refractivity contribution is -0.174. The monoisotopic (exact) mass is 222 g/mol. The van der Waals surface area contributed by atoms with Crippen molar-refractivity contribution in [3.8, 4) is 0 Å². The predicted molar refractivity (Wildman–Crippen MR) is 57.6 cm³/mol. The van der Waals surface area contributed by atoms with E-state index in [1.807, 2.05) is 6.92 Å². The standard InChI is InChI=1S/C13H18O3/c1-2-16-12(15)13-5-8-3-9(6-13)11(14)10(4-8)7-13/h8-10H,2-7H2,1H3. The summed E-state index contributed by atoms with van der Waals surface area (Å²) in [4.78, 5) is 24.0. The second-order valence-corrected chi connectivity index (χ2v) is 5.75. The number of carbonyl (C=O) groups excluding carboxylic acids is 2. The van der Waals surface area contributed by atoms with Crippen LogP contribution in [0.2, 0.25) is 0 Å². The molecular weight excluding hydrogens is 204 g/mol. The highest BCUT2D eigenvalue weighted by atomic mass is 16.5. The van der Waals surface area contributed by atoms with Gasteiger partial charge < -0.3 is 4.74 Å². The van der Waals surface area contributed by atoms with E-state index in [0.717, 1.165) is 32.1 Å². The van der Waals surface area contributed by atoms with E-state index in [1.54, 1.807) is 0 Å². The minimum Gasteiger partial charge on any atom is -0.466 e. The lowest BCUT2D eigenvalue weighted by atomic mass is 9.49. The maximum atomic E-state index is 12.1. The van der Waals surface area contributed by atoms with Crippen molar-refractivity contribution in [1.82, 2.24) is 0 Å². The third-order valence-electron chi connectivity index (χ3n) is 4.70. The highest BCUT2D eigenvalue weighted by Gasteiger charge is 2.58. The summed E-state index contributed by atoms with van der Waals surface area (Å²) in [7, 11) is 0. The van der Waals surface area contributed by atoms with Crippen LogP contribution in [0.15, 0.2) is 0 Å². The first-order valence-electron chi connectivity index (χ1n) is 6.35. The molecule has 4 aliphatic rings. The van der Waals surface area contributed by atoms with Crippen LogP contribution >= 0.6 is 0 Å². The Labute approximate surface area is 95.5 Å². The first kappa shape index (κ1) is 10.3. The molecule has 4 saturated carbocycles. The van der Waals surface area contributed by atoms with Crippen molar-refractivity contribution in [1.29, 1.82) is 0 Å². The van der Waals surface area contributed by atoms with Crippen molar-refractivity contribution in [3.63, 3.8) is 0 Å². The second-order valence-electron chi connectivity index (χ2n) is 5.75. The smallest absolute Gasteiger partial charge is 0.312 e. The SMILES string of the molecule is CCOC(=O)C12CC3CC(C1)C(=O)C(C3)C2. The number of hydrogen-bond acceptors (Lipinski definition) is 3. The Balaban J connectivity index is 1.88. The molecule has 4 rings (SSSR count). The zero-order chi connectivity index (χ0) is 11.3. The average molecular weight is 222 g/mol. The van der Waals surface area contributed by atoms with E-state index in [0.29, 0.717) is 18.3 Å². The fraction of sp³-hybridized carbons (Fsp3) is 0.846. The van der Waals surface area contributed by atoms with Gasteiger partial charge in [0.05, 0.1) is 12.0 Å². The Hall–Kier alpha value is -0.860. The number of rotatable bonds is 2. The molecule has 0 saturated heterocycles. The molecule has 16 heavy (non-hydrogen) atoms. The molecule has 0 spiro atoms. The van der Waals surface area contributed by atoms with Crippen LogP contribution < -0.4 is 0 Å². The van der Waals surface area contributed by atoms with Crippen molar-refractivity contribution in [2.75, 3.05) is 6.61 Å². The molecule has 4 aliphatic carbocycles. The summed E-state index contributed by atoms with van der Waals surface area (Å²) in [6.45, 7) is 2.30. The van der Waals surface area contributed by atoms with Crippen molar-refractivity contribution >= 4 is 11.8 Å². The fourth-order valence-corrected chi connectivity index (χ4v) is 4.28. The van der Waals surface area contributed by atoms with Crippen LogP contribution in [0.1, 0.15) is 39.0 Å². The summed E-state index contributed by atoms with van der Waals surface area (Å²) in [6, 6.07) is 0. The maximum absolute atomic E-state index is 12.1. The Kier molecular flexibility index (Phi) is 2.13. The quantitative estimate of drug-likeness (QED) is 0.671. The lowest BCUT2D eigenvalue weighted by Gasteiger charge is -2.53. The summed E-state index contributed by atoms with van der Waals surface area (Å²) in [5.74, 6) is 1.31. The van der Waals surface area contributed by atoms with E-state index in [4.69, 9.17) is 4.74 Å². The van der Waals surface area contributed by atoms with Crippen molar-refractivity contribution < 1.29 is 14.3 Å². The molecule has 3 heteroatoms. The van der Waals surface area contributed by atoms with Crippen LogP contribution in [0.5, 0.6) is 0 Å². The van der Waals surface area contributed by atoms with Crippen molar-refractivity contribution in [2.45, 2.75) is 39.0 Å². The van der Waals surface area contributed by atoms with E-state index in [2.05, 4.69) is 0 Å². The Bertz CT molecular complexity index is 329. The lowest BCUT2D eigenvalue weighted by Crippen LogP contribution is -2.54. The number of esters is 1. The third kappa shape index (κ3) is 1.26. The van der Waals surface area contributed by atoms with Crippen LogP contribution in [0.3, 0.4) is 0 Å². The number of ketones is 1. The van der Waals surface area contributed by atoms with Crippen LogP contribution in [0, 0.1) is 23.2 Å². The Morgan fingerprint density at radius 3 is 2.50 bits per heavy atom. The molecule has 3 nitrogen and oxygen atoms in total. The highest BCUT2D eigenvalue weighted by molar-refractivity contribution is 5.89. The molecular formula is C13H18O3. The van der Waals surface area contributed by atoms with Gasteiger partial charge in [0.15, 0.2) is 0 Å². The van der Waals surface area contributed by atoms with Crippen molar-refractivity contribution in [2.24, 2.45) is 23.2 Å². The van der Waals surface area contributed by atoms with Gasteiger partial charge in [-0.25, -0.2) is 0 Å². The molecule has 4 fully saturated rings. The van der Waals surface area contributed by atoms with E-state index < -0.39 is 0 Å². The van der Waals surface area contributed by atoms with Crippen LogP contribution in [0.4, 0.5) is 0 Å². The number of Topliss-reactive ketones (excluding diaryl/α,β-unsaturated/α-hetero) is 1. The molecule has 4 bridgehead atoms. The summed E-state index contributed by atoms with van der Waals surface area (Å²) in [5.41, 5.74) is -0.291. The molecule has 0 aliphatic heterocycles. The minimum absolute atomic E-state index is 0.0399. The summed E-state index contributed by atoms with van der Waals surface area (Å²) < 4.78 is 5.21. The zero-order valence-corrected chi connectivity index (χ0v) is 9.70. The molecule has 0 heterocycles. The number of ether oxygens (including phenoxy) is 1. The van der Waals surface area contributed by atoms with E-state index in [1.165, 1.54) is 0 Å². The van der Waals surface area contributed by atoms with Gasteiger partial charge in [-0.2, -0.15) is 0 Å². The molecule has 2 unspecified atom stereocenters. The summed E-state index contributed by atoms with van der Waals surface area (Å²) in [5, 5.41) is 0. The molecule has 0 amide bonds. The Morgan fingerprint density at radius 2 is 1.94 bits per heavy atom. The van der Waals surface area contributed by atoms with Gasteiger partial charge >= 0.3 is 5.97 Å². The topological polar surface area (TPSA) is 43.4 Å². The summed E-state index contributed by atoms with van der Waals surface area (Å²) in [6.07, 6.45) is 4.54. The maximum Gasteiger partial charge on any atom is 0.312 e. The third-order valence-corrected chi connectivity index (χ3v) is 4.70. The van der Waals surface area contributed by atoms with Gasteiger partial charge in [0.25, 0.3) is 0 Å². The molecule has 2 atom stereocenters. The van der Waals surface area contributed by atoms with Gasteiger partial charge in [0.1, 0.15) is 5.78 Å². The first-order chi connectivity index (χ1) is 7.64. The molecule has 0 aromatic carbocycles. The largest absolute Gasteiger partial charge is 0.466 e. The molecule has 88 valence electrons. The molecule has 0 aromatic heterocycles. The highest BCUT2D eigenvalue weighted by Crippen LogP contribution is 2.58. The summed E-state index contributed by atoms with van der Waals surface area (Å²) >= 11 is 0. The fourth-order valence-electron chi connectivity index (χ4n) is 4.28. The van der Waals surface area contributed by atoms with Crippen LogP contribution in [-0.2, 0) is 14.3 Å². The predicted octanol–water partition coefficient (Wildman–Crippen LogP) is 1.94. The van der Waals surface area contributed by atoms with E-state index in [9.17, 15) is 9.59 Å². The number of carbonyl (C=O) groups is 2. The second kappa shape index (κ2) is 3.31. The van der Waals surface area contributed by atoms with Gasteiger partial charge in [-0.3, -0.25) is 9.59 Å². The van der Waals surface area contributed by atoms with E-state index in [-0.39, 0.29) is 23.2 Å². The molecule has 0 radical (unpaired) electrons. The van der Waals surface area contributed by atoms with E-state index >= 15 is 0 Å². The molecule has 0 N–H and O–H groups in total. The van der Waals surface area contributed by atoms with Crippen LogP contribution in [-0.4, -0.2) is 18.4 Å². The van der Waals surface area contributed by atoms with Gasteiger partial charge in [0, 0.05) is 11.8 Å². The number of hydrogen-bond donors (Lipinski definition) is 0. The van der Waals surface area contributed by atoms with Crippen LogP contribution in [0.25, 0.3) is 0 Å². The van der Waals surface area contributed by atoms with Gasteiger partial charge in [-0.05, 0) is 44.9 Å². The molecule has 0 aromatic rings. The minimum atomic E-state index is -0.291. The normalized spacial score (nSPS) is 44.8. The first-order valence-corrected chi connectivity index (χ1v) is 6.35. The Morgan fingerprint density at radius 1 is 1.31 bits per heavy atom. The average Bonchev–Trinajstić information content (AvgIpc) is 2.25.